The zero-order valence-corrected chi connectivity index (χ0v) is 38.9. The number of carbonyl (C=O) groups excluding carboxylic acids is 2. The van der Waals surface area contributed by atoms with Gasteiger partial charge in [-0.2, -0.15) is 0 Å². The molecule has 0 amide bonds. The summed E-state index contributed by atoms with van der Waals surface area (Å²) in [6.45, 7) is 3.77. The fraction of sp³-hybridized carbons (Fsp3) is 0.917. The Morgan fingerprint density at radius 1 is 0.500 bits per heavy atom. The Bertz CT molecular complexity index is 964. The van der Waals surface area contributed by atoms with E-state index in [0.717, 1.165) is 38.5 Å². The molecule has 58 heavy (non-hydrogen) atoms. The van der Waals surface area contributed by atoms with Crippen molar-refractivity contribution in [3.8, 4) is 0 Å². The molecule has 0 spiro atoms. The van der Waals surface area contributed by atoms with Crippen molar-refractivity contribution in [1.82, 2.24) is 0 Å². The van der Waals surface area contributed by atoms with Crippen LogP contribution in [0.5, 0.6) is 0 Å². The number of hydrogen-bond donors (Lipinski definition) is 2. The molecule has 0 aromatic carbocycles. The van der Waals surface area contributed by atoms with Crippen LogP contribution in [0, 0.1) is 0 Å². The molecule has 0 aliphatic heterocycles. The number of phosphoric ester groups is 1. The minimum absolute atomic E-state index is 0.0562. The molecule has 0 aromatic rings. The number of allylic oxidation sites excluding steroid dienone is 2. The summed E-state index contributed by atoms with van der Waals surface area (Å²) < 4.78 is 32.9. The molecular weight excluding hydrogens is 750 g/mol. The quantitative estimate of drug-likeness (QED) is 0.0266. The molecule has 0 fully saturated rings. The van der Waals surface area contributed by atoms with Gasteiger partial charge in [-0.05, 0) is 38.5 Å². The smallest absolute Gasteiger partial charge is 0.462 e. The van der Waals surface area contributed by atoms with Gasteiger partial charge in [-0.1, -0.05) is 212 Å². The maximum atomic E-state index is 12.6. The van der Waals surface area contributed by atoms with Crippen LogP contribution in [0.15, 0.2) is 12.2 Å². The van der Waals surface area contributed by atoms with Gasteiger partial charge in [0.25, 0.3) is 0 Å². The molecular formula is C48H94NO8P. The summed E-state index contributed by atoms with van der Waals surface area (Å²) in [6, 6.07) is 0. The number of unbranched alkanes of at least 4 members (excludes halogenated alkanes) is 32. The molecule has 0 rings (SSSR count). The summed E-state index contributed by atoms with van der Waals surface area (Å²) in [5.41, 5.74) is 5.36. The van der Waals surface area contributed by atoms with E-state index in [9.17, 15) is 19.0 Å². The Morgan fingerprint density at radius 2 is 0.845 bits per heavy atom. The standard InChI is InChI=1S/C48H94NO8P/c1-3-5-7-9-11-13-15-17-19-21-22-23-25-26-28-30-32-34-36-38-40-47(50)54-44-46(45-56-58(52,53)55-43-42-49)57-48(51)41-39-37-35-33-31-29-27-24-20-18-16-14-12-10-8-6-4-2/h14,16,46H,3-13,15,17-45,49H2,1-2H3,(H,52,53)/b16-14+/t46-/m1/s1. The molecule has 0 aliphatic carbocycles. The SMILES string of the molecule is CCCCCC/C=C/CCCCCCCCCCCC(=O)O[C@H](COC(=O)CCCCCCCCCCCCCCCCCCCCCC)COP(=O)(O)OCCN. The highest BCUT2D eigenvalue weighted by atomic mass is 31.2. The van der Waals surface area contributed by atoms with Gasteiger partial charge in [0.1, 0.15) is 6.61 Å². The van der Waals surface area contributed by atoms with E-state index in [1.54, 1.807) is 0 Å². The number of phosphoric acid groups is 1. The molecule has 2 atom stereocenters. The highest BCUT2D eigenvalue weighted by Gasteiger charge is 2.26. The van der Waals surface area contributed by atoms with Gasteiger partial charge in [0.15, 0.2) is 6.10 Å². The van der Waals surface area contributed by atoms with Gasteiger partial charge in [0.05, 0.1) is 13.2 Å². The first kappa shape index (κ1) is 56.8. The van der Waals surface area contributed by atoms with Crippen molar-refractivity contribution < 1.29 is 37.6 Å². The molecule has 344 valence electrons. The van der Waals surface area contributed by atoms with Crippen molar-refractivity contribution in [3.63, 3.8) is 0 Å². The number of carbonyl (C=O) groups is 2. The lowest BCUT2D eigenvalue weighted by Gasteiger charge is -2.19. The zero-order valence-electron chi connectivity index (χ0n) is 38.1. The predicted molar refractivity (Wildman–Crippen MR) is 243 cm³/mol. The second kappa shape index (κ2) is 45.3. The summed E-state index contributed by atoms with van der Waals surface area (Å²) in [4.78, 5) is 35.0. The number of hydrogen-bond acceptors (Lipinski definition) is 8. The summed E-state index contributed by atoms with van der Waals surface area (Å²) >= 11 is 0. The van der Waals surface area contributed by atoms with Crippen molar-refractivity contribution in [1.29, 1.82) is 0 Å². The van der Waals surface area contributed by atoms with E-state index < -0.39 is 26.5 Å². The minimum Gasteiger partial charge on any atom is -0.462 e. The van der Waals surface area contributed by atoms with Gasteiger partial charge >= 0.3 is 19.8 Å². The molecule has 0 radical (unpaired) electrons. The van der Waals surface area contributed by atoms with Gasteiger partial charge in [0, 0.05) is 19.4 Å². The summed E-state index contributed by atoms with van der Waals surface area (Å²) in [7, 11) is -4.38. The first-order valence-electron chi connectivity index (χ1n) is 24.7. The maximum absolute atomic E-state index is 12.6. The van der Waals surface area contributed by atoms with Crippen molar-refractivity contribution in [2.45, 2.75) is 258 Å². The topological polar surface area (TPSA) is 134 Å². The van der Waals surface area contributed by atoms with E-state index in [4.69, 9.17) is 24.3 Å². The second-order valence-electron chi connectivity index (χ2n) is 16.7. The first-order valence-corrected chi connectivity index (χ1v) is 26.2. The molecule has 0 bridgehead atoms. The fourth-order valence-corrected chi connectivity index (χ4v) is 7.99. The average molecular weight is 844 g/mol. The highest BCUT2D eigenvalue weighted by molar-refractivity contribution is 7.47. The third-order valence-corrected chi connectivity index (χ3v) is 11.9. The molecule has 3 N–H and O–H groups in total. The first-order chi connectivity index (χ1) is 28.3. The van der Waals surface area contributed by atoms with E-state index in [2.05, 4.69) is 26.0 Å². The van der Waals surface area contributed by atoms with Crippen LogP contribution < -0.4 is 5.73 Å². The second-order valence-corrected chi connectivity index (χ2v) is 18.1. The lowest BCUT2D eigenvalue weighted by Crippen LogP contribution is -2.29. The molecule has 0 heterocycles. The van der Waals surface area contributed by atoms with Crippen LogP contribution in [0.4, 0.5) is 0 Å². The molecule has 0 saturated carbocycles. The molecule has 9 nitrogen and oxygen atoms in total. The Labute approximate surface area is 358 Å². The van der Waals surface area contributed by atoms with Crippen LogP contribution in [-0.2, 0) is 32.7 Å². The molecule has 10 heteroatoms. The molecule has 1 unspecified atom stereocenters. The van der Waals surface area contributed by atoms with E-state index >= 15 is 0 Å². The normalized spacial score (nSPS) is 13.2. The molecule has 0 aromatic heterocycles. The van der Waals surface area contributed by atoms with Crippen molar-refractivity contribution in [2.24, 2.45) is 5.73 Å². The molecule has 0 aliphatic rings. The highest BCUT2D eigenvalue weighted by Crippen LogP contribution is 2.43. The van der Waals surface area contributed by atoms with Gasteiger partial charge < -0.3 is 20.1 Å². The van der Waals surface area contributed by atoms with E-state index in [1.807, 2.05) is 0 Å². The summed E-state index contributed by atoms with van der Waals surface area (Å²) in [5.74, 6) is -0.815. The maximum Gasteiger partial charge on any atom is 0.472 e. The van der Waals surface area contributed by atoms with Crippen LogP contribution in [-0.4, -0.2) is 49.3 Å². The van der Waals surface area contributed by atoms with Crippen molar-refractivity contribution in [2.75, 3.05) is 26.4 Å². The van der Waals surface area contributed by atoms with Crippen molar-refractivity contribution in [3.05, 3.63) is 12.2 Å². The Kier molecular flexibility index (Phi) is 44.3. The van der Waals surface area contributed by atoms with Gasteiger partial charge in [-0.25, -0.2) is 4.57 Å². The van der Waals surface area contributed by atoms with Crippen LogP contribution in [0.2, 0.25) is 0 Å². The van der Waals surface area contributed by atoms with Crippen LogP contribution in [0.25, 0.3) is 0 Å². The number of rotatable bonds is 47. The van der Waals surface area contributed by atoms with E-state index in [0.29, 0.717) is 6.42 Å². The number of nitrogens with two attached hydrogens (primary N) is 1. The Hall–Kier alpha value is -1.25. The van der Waals surface area contributed by atoms with Crippen LogP contribution in [0.3, 0.4) is 0 Å². The van der Waals surface area contributed by atoms with E-state index in [1.165, 1.54) is 180 Å². The monoisotopic (exact) mass is 844 g/mol. The van der Waals surface area contributed by atoms with Gasteiger partial charge in [0.2, 0.25) is 0 Å². The lowest BCUT2D eigenvalue weighted by molar-refractivity contribution is -0.161. The average Bonchev–Trinajstić information content (AvgIpc) is 3.21. The lowest BCUT2D eigenvalue weighted by atomic mass is 10.0. The Morgan fingerprint density at radius 3 is 1.24 bits per heavy atom. The van der Waals surface area contributed by atoms with Gasteiger partial charge in [-0.15, -0.1) is 0 Å². The van der Waals surface area contributed by atoms with Crippen molar-refractivity contribution >= 4 is 19.8 Å². The van der Waals surface area contributed by atoms with Crippen LogP contribution >= 0.6 is 7.82 Å². The van der Waals surface area contributed by atoms with E-state index in [-0.39, 0.29) is 38.6 Å². The zero-order chi connectivity index (χ0) is 42.5. The Balaban J connectivity index is 4.02. The third kappa shape index (κ3) is 44.3. The van der Waals surface area contributed by atoms with Crippen LogP contribution in [0.1, 0.15) is 251 Å². The summed E-state index contributed by atoms with van der Waals surface area (Å²) in [5, 5.41) is 0. The number of ether oxygens (including phenoxy) is 2. The predicted octanol–water partition coefficient (Wildman–Crippen LogP) is 14.6. The van der Waals surface area contributed by atoms with Gasteiger partial charge in [-0.3, -0.25) is 18.6 Å². The fourth-order valence-electron chi connectivity index (χ4n) is 7.22. The number of esters is 2. The largest absolute Gasteiger partial charge is 0.472 e. The minimum atomic E-state index is -4.38. The third-order valence-electron chi connectivity index (χ3n) is 10.9. The molecule has 0 saturated heterocycles. The summed E-state index contributed by atoms with van der Waals surface area (Å²) in [6.07, 6.45) is 48.1.